The van der Waals surface area contributed by atoms with Crippen molar-refractivity contribution in [2.45, 2.75) is 12.6 Å². The lowest BCUT2D eigenvalue weighted by Crippen LogP contribution is -2.41. The van der Waals surface area contributed by atoms with Crippen LogP contribution in [0, 0.1) is 0 Å². The highest BCUT2D eigenvalue weighted by Crippen LogP contribution is 2.09. The number of carbonyl (C=O) groups is 1. The zero-order valence-electron chi connectivity index (χ0n) is 8.97. The molecule has 0 bridgehead atoms. The van der Waals surface area contributed by atoms with E-state index in [2.05, 4.69) is 15.7 Å². The molecule has 16 heavy (non-hydrogen) atoms. The van der Waals surface area contributed by atoms with Gasteiger partial charge in [-0.1, -0.05) is 0 Å². The maximum Gasteiger partial charge on any atom is 0.238 e. The Morgan fingerprint density at radius 3 is 3.19 bits per heavy atom. The van der Waals surface area contributed by atoms with Crippen molar-refractivity contribution >= 4 is 30.1 Å². The van der Waals surface area contributed by atoms with Gasteiger partial charge < -0.3 is 5.32 Å². The first kappa shape index (κ1) is 13.3. The number of amides is 1. The minimum Gasteiger partial charge on any atom is -0.349 e. The highest BCUT2D eigenvalue weighted by atomic mass is 35.5. The van der Waals surface area contributed by atoms with E-state index < -0.39 is 0 Å². The summed E-state index contributed by atoms with van der Waals surface area (Å²) in [6.07, 6.45) is 1.73. The van der Waals surface area contributed by atoms with Crippen molar-refractivity contribution in [3.05, 3.63) is 18.0 Å². The van der Waals surface area contributed by atoms with Crippen LogP contribution >= 0.6 is 24.2 Å². The van der Waals surface area contributed by atoms with Gasteiger partial charge >= 0.3 is 0 Å². The molecule has 1 unspecified atom stereocenters. The third-order valence-electron chi connectivity index (χ3n) is 2.40. The molecular formula is C9H15ClN4OS. The number of hydrogen-bond acceptors (Lipinski definition) is 4. The molecule has 1 fully saturated rings. The molecule has 5 nitrogen and oxygen atoms in total. The Morgan fingerprint density at radius 2 is 2.62 bits per heavy atom. The predicted octanol–water partition coefficient (Wildman–Crippen LogP) is 0.121. The highest BCUT2D eigenvalue weighted by Gasteiger charge is 2.21. The van der Waals surface area contributed by atoms with Gasteiger partial charge in [0.25, 0.3) is 0 Å². The summed E-state index contributed by atoms with van der Waals surface area (Å²) in [6, 6.07) is 1.86. The summed E-state index contributed by atoms with van der Waals surface area (Å²) >= 11 is 1.75. The van der Waals surface area contributed by atoms with Crippen molar-refractivity contribution in [1.29, 1.82) is 0 Å². The average molecular weight is 263 g/mol. The van der Waals surface area contributed by atoms with Gasteiger partial charge in [0.05, 0.1) is 18.3 Å². The molecule has 2 heterocycles. The van der Waals surface area contributed by atoms with Crippen LogP contribution in [0.2, 0.25) is 0 Å². The topological polar surface area (TPSA) is 59.0 Å². The van der Waals surface area contributed by atoms with E-state index in [-0.39, 0.29) is 24.4 Å². The molecule has 1 aromatic heterocycles. The summed E-state index contributed by atoms with van der Waals surface area (Å²) in [5, 5.41) is 10.1. The smallest absolute Gasteiger partial charge is 0.238 e. The fourth-order valence-electron chi connectivity index (χ4n) is 1.44. The van der Waals surface area contributed by atoms with Crippen molar-refractivity contribution < 1.29 is 4.79 Å². The number of carbonyl (C=O) groups excluding carboxylic acids is 1. The number of aryl methyl sites for hydroxylation is 1. The fraction of sp³-hybridized carbons (Fsp3) is 0.556. The zero-order valence-corrected chi connectivity index (χ0v) is 10.6. The van der Waals surface area contributed by atoms with Crippen LogP contribution in [0.15, 0.2) is 12.3 Å². The van der Waals surface area contributed by atoms with Crippen LogP contribution in [0.5, 0.6) is 0 Å². The molecule has 0 aromatic carbocycles. The third-order valence-corrected chi connectivity index (χ3v) is 3.34. The number of nitrogens with zero attached hydrogens (tertiary/aromatic N) is 2. The summed E-state index contributed by atoms with van der Waals surface area (Å²) in [6.45, 7) is 0.540. The lowest BCUT2D eigenvalue weighted by molar-refractivity contribution is -0.122. The summed E-state index contributed by atoms with van der Waals surface area (Å²) < 4.78 is 1.76. The monoisotopic (exact) mass is 262 g/mol. The van der Waals surface area contributed by atoms with Crippen LogP contribution in [0.1, 0.15) is 5.69 Å². The molecular weight excluding hydrogens is 248 g/mol. The Hall–Kier alpha value is -0.720. The second-order valence-corrected chi connectivity index (χ2v) is 4.47. The van der Waals surface area contributed by atoms with Gasteiger partial charge in [-0.25, -0.2) is 0 Å². The number of rotatable bonds is 3. The fourth-order valence-corrected chi connectivity index (χ4v) is 2.38. The van der Waals surface area contributed by atoms with Crippen molar-refractivity contribution in [1.82, 2.24) is 20.4 Å². The van der Waals surface area contributed by atoms with Crippen molar-refractivity contribution in [3.8, 4) is 0 Å². The van der Waals surface area contributed by atoms with Gasteiger partial charge in [-0.2, -0.15) is 5.10 Å². The molecule has 1 amide bonds. The van der Waals surface area contributed by atoms with E-state index in [0.717, 1.165) is 17.3 Å². The maximum absolute atomic E-state index is 11.6. The average Bonchev–Trinajstić information content (AvgIpc) is 2.85. The van der Waals surface area contributed by atoms with E-state index in [9.17, 15) is 4.79 Å². The Kier molecular flexibility index (Phi) is 5.11. The Labute approximate surface area is 105 Å². The first-order chi connectivity index (χ1) is 7.27. The molecule has 1 atom stereocenters. The lowest BCUT2D eigenvalue weighted by Gasteiger charge is -2.10. The summed E-state index contributed by atoms with van der Waals surface area (Å²) in [7, 11) is 1.87. The molecule has 1 saturated heterocycles. The molecule has 7 heteroatoms. The molecule has 90 valence electrons. The van der Waals surface area contributed by atoms with Gasteiger partial charge in [0.2, 0.25) is 5.91 Å². The molecule has 1 aliphatic heterocycles. The summed E-state index contributed by atoms with van der Waals surface area (Å²) in [5.41, 5.74) is 1.01. The molecule has 2 rings (SSSR count). The van der Waals surface area contributed by atoms with Crippen LogP contribution in [0.3, 0.4) is 0 Å². The van der Waals surface area contributed by atoms with E-state index in [1.165, 1.54) is 0 Å². The van der Waals surface area contributed by atoms with E-state index in [1.807, 2.05) is 13.1 Å². The quantitative estimate of drug-likeness (QED) is 0.813. The van der Waals surface area contributed by atoms with Gasteiger partial charge in [-0.15, -0.1) is 24.2 Å². The molecule has 0 aliphatic carbocycles. The van der Waals surface area contributed by atoms with E-state index >= 15 is 0 Å². The first-order valence-electron chi connectivity index (χ1n) is 4.83. The molecule has 1 aromatic rings. The van der Waals surface area contributed by atoms with Gasteiger partial charge in [-0.05, 0) is 6.07 Å². The van der Waals surface area contributed by atoms with Crippen molar-refractivity contribution in [2.75, 3.05) is 11.6 Å². The van der Waals surface area contributed by atoms with E-state index in [4.69, 9.17) is 0 Å². The lowest BCUT2D eigenvalue weighted by atomic mass is 10.3. The minimum atomic E-state index is -0.0387. The largest absolute Gasteiger partial charge is 0.349 e. The third kappa shape index (κ3) is 3.13. The SMILES string of the molecule is Cl.Cn1nccc1CNC(=O)C1CSCN1. The van der Waals surface area contributed by atoms with Crippen LogP contribution in [-0.4, -0.2) is 33.4 Å². The number of nitrogens with one attached hydrogen (secondary N) is 2. The van der Waals surface area contributed by atoms with Crippen LogP contribution in [0.4, 0.5) is 0 Å². The predicted molar refractivity (Wildman–Crippen MR) is 66.6 cm³/mol. The van der Waals surface area contributed by atoms with Gasteiger partial charge in [-0.3, -0.25) is 14.8 Å². The number of halogens is 1. The van der Waals surface area contributed by atoms with Crippen molar-refractivity contribution in [3.63, 3.8) is 0 Å². The Morgan fingerprint density at radius 1 is 1.81 bits per heavy atom. The highest BCUT2D eigenvalue weighted by molar-refractivity contribution is 7.99. The standard InChI is InChI=1S/C9H14N4OS.ClH/c1-13-7(2-3-12-13)4-10-9(14)8-5-15-6-11-8;/h2-3,8,11H,4-6H2,1H3,(H,10,14);1H. The molecule has 0 radical (unpaired) electrons. The van der Waals surface area contributed by atoms with Crippen LogP contribution < -0.4 is 10.6 Å². The molecule has 0 saturated carbocycles. The first-order valence-corrected chi connectivity index (χ1v) is 5.98. The number of hydrogen-bond donors (Lipinski definition) is 2. The second kappa shape index (κ2) is 6.12. The van der Waals surface area contributed by atoms with Gasteiger partial charge in [0.1, 0.15) is 0 Å². The second-order valence-electron chi connectivity index (χ2n) is 3.44. The molecule has 0 spiro atoms. The Bertz CT molecular complexity index is 351. The Balaban J connectivity index is 0.00000128. The molecule has 2 N–H and O–H groups in total. The van der Waals surface area contributed by atoms with Gasteiger partial charge in [0, 0.05) is 24.9 Å². The van der Waals surface area contributed by atoms with E-state index in [0.29, 0.717) is 6.54 Å². The van der Waals surface area contributed by atoms with Gasteiger partial charge in [0.15, 0.2) is 0 Å². The minimum absolute atomic E-state index is 0. The number of aromatic nitrogens is 2. The molecule has 1 aliphatic rings. The zero-order chi connectivity index (χ0) is 10.7. The summed E-state index contributed by atoms with van der Waals surface area (Å²) in [5.74, 6) is 1.79. The van der Waals surface area contributed by atoms with Crippen LogP contribution in [0.25, 0.3) is 0 Å². The maximum atomic E-state index is 11.6. The van der Waals surface area contributed by atoms with E-state index in [1.54, 1.807) is 22.6 Å². The normalized spacial score (nSPS) is 19.2. The van der Waals surface area contributed by atoms with Crippen LogP contribution in [-0.2, 0) is 18.4 Å². The number of thioether (sulfide) groups is 1. The van der Waals surface area contributed by atoms with Crippen molar-refractivity contribution in [2.24, 2.45) is 7.05 Å². The summed E-state index contributed by atoms with van der Waals surface area (Å²) in [4.78, 5) is 11.6.